The van der Waals surface area contributed by atoms with Gasteiger partial charge in [0.15, 0.2) is 0 Å². The second kappa shape index (κ2) is 3.03. The van der Waals surface area contributed by atoms with E-state index in [1.54, 1.807) is 0 Å². The van der Waals surface area contributed by atoms with E-state index < -0.39 is 0 Å². The summed E-state index contributed by atoms with van der Waals surface area (Å²) < 4.78 is 0. The molecular formula is C9H11SSi. The quantitative estimate of drug-likeness (QED) is 0.455. The molecule has 1 aromatic rings. The van der Waals surface area contributed by atoms with Crippen LogP contribution in [0.1, 0.15) is 16.7 Å². The van der Waals surface area contributed by atoms with Crippen LogP contribution in [-0.4, -0.2) is 10.2 Å². The molecule has 0 amide bonds. The zero-order valence-corrected chi connectivity index (χ0v) is 8.92. The lowest BCUT2D eigenvalue weighted by Gasteiger charge is -2.09. The van der Waals surface area contributed by atoms with Gasteiger partial charge in [-0.1, -0.05) is 10.8 Å². The van der Waals surface area contributed by atoms with E-state index >= 15 is 0 Å². The molecule has 0 aliphatic carbocycles. The second-order valence-corrected chi connectivity index (χ2v) is 3.82. The molecule has 0 nitrogen and oxygen atoms in total. The number of aryl methyl sites for hydroxylation is 1. The van der Waals surface area contributed by atoms with Crippen LogP contribution in [0.15, 0.2) is 11.0 Å². The van der Waals surface area contributed by atoms with Gasteiger partial charge in [-0.25, -0.2) is 0 Å². The molecule has 57 valence electrons. The van der Waals surface area contributed by atoms with Crippen molar-refractivity contribution in [3.63, 3.8) is 0 Å². The molecule has 0 fully saturated rings. The largest absolute Gasteiger partial charge is 0.143 e. The predicted octanol–water partition coefficient (Wildman–Crippen LogP) is 1.69. The zero-order valence-electron chi connectivity index (χ0n) is 7.02. The van der Waals surface area contributed by atoms with Gasteiger partial charge in [0.05, 0.1) is 10.2 Å². The fourth-order valence-corrected chi connectivity index (χ4v) is 1.68. The van der Waals surface area contributed by atoms with E-state index in [9.17, 15) is 0 Å². The Kier molecular flexibility index (Phi) is 2.45. The molecule has 0 heterocycles. The normalized spacial score (nSPS) is 10.3. The van der Waals surface area contributed by atoms with Crippen molar-refractivity contribution in [3.8, 4) is 0 Å². The van der Waals surface area contributed by atoms with Crippen LogP contribution < -0.4 is 5.19 Å². The summed E-state index contributed by atoms with van der Waals surface area (Å²) >= 11 is 4.36. The molecule has 0 atom stereocenters. The lowest BCUT2D eigenvalue weighted by Crippen LogP contribution is -2.13. The summed E-state index contributed by atoms with van der Waals surface area (Å²) in [5.41, 5.74) is 3.78. The maximum atomic E-state index is 4.36. The molecule has 0 N–H and O–H groups in total. The first-order chi connectivity index (χ1) is 5.04. The monoisotopic (exact) mass is 179 g/mol. The van der Waals surface area contributed by atoms with Gasteiger partial charge in [-0.15, -0.1) is 12.6 Å². The third-order valence-electron chi connectivity index (χ3n) is 2.07. The van der Waals surface area contributed by atoms with Crippen LogP contribution in [0, 0.1) is 20.8 Å². The average molecular weight is 179 g/mol. The van der Waals surface area contributed by atoms with Crippen molar-refractivity contribution in [3.05, 3.63) is 22.8 Å². The minimum atomic E-state index is 1.07. The topological polar surface area (TPSA) is 0 Å². The Hall–Kier alpha value is -0.213. The maximum Gasteiger partial charge on any atom is 0.0719 e. The van der Waals surface area contributed by atoms with Gasteiger partial charge in [0.2, 0.25) is 0 Å². The molecule has 0 spiro atoms. The van der Waals surface area contributed by atoms with Gasteiger partial charge < -0.3 is 0 Å². The van der Waals surface area contributed by atoms with E-state index in [2.05, 4.69) is 49.7 Å². The van der Waals surface area contributed by atoms with Crippen LogP contribution in [0.25, 0.3) is 0 Å². The first-order valence-electron chi connectivity index (χ1n) is 3.55. The smallest absolute Gasteiger partial charge is 0.0719 e. The van der Waals surface area contributed by atoms with E-state index in [1.165, 1.54) is 21.9 Å². The highest BCUT2D eigenvalue weighted by molar-refractivity contribution is 7.80. The summed E-state index contributed by atoms with van der Waals surface area (Å²) in [5, 5.41) is 1.19. The van der Waals surface area contributed by atoms with E-state index in [-0.39, 0.29) is 0 Å². The Morgan fingerprint density at radius 1 is 1.18 bits per heavy atom. The Morgan fingerprint density at radius 2 is 1.73 bits per heavy atom. The standard InChI is InChI=1S/C9H11SSi/c1-5-4-8(10)6(2)7(3)9(5)11/h4,10H,1-3H3. The van der Waals surface area contributed by atoms with Gasteiger partial charge in [-0.05, 0) is 38.0 Å². The van der Waals surface area contributed by atoms with Crippen LogP contribution in [0.2, 0.25) is 0 Å². The minimum Gasteiger partial charge on any atom is -0.143 e. The first-order valence-corrected chi connectivity index (χ1v) is 4.50. The Balaban J connectivity index is 3.46. The fourth-order valence-electron chi connectivity index (χ4n) is 1.06. The fraction of sp³-hybridized carbons (Fsp3) is 0.333. The van der Waals surface area contributed by atoms with Crippen molar-refractivity contribution in [1.29, 1.82) is 0 Å². The Morgan fingerprint density at radius 3 is 2.27 bits per heavy atom. The molecule has 0 aromatic heterocycles. The highest BCUT2D eigenvalue weighted by Gasteiger charge is 2.03. The molecule has 11 heavy (non-hydrogen) atoms. The molecule has 0 unspecified atom stereocenters. The third kappa shape index (κ3) is 1.52. The summed E-state index contributed by atoms with van der Waals surface area (Å²) in [4.78, 5) is 1.07. The van der Waals surface area contributed by atoms with Gasteiger partial charge in [0, 0.05) is 4.90 Å². The summed E-state index contributed by atoms with van der Waals surface area (Å²) in [6.45, 7) is 6.26. The van der Waals surface area contributed by atoms with Crippen molar-refractivity contribution < 1.29 is 0 Å². The van der Waals surface area contributed by atoms with E-state index in [4.69, 9.17) is 0 Å². The van der Waals surface area contributed by atoms with Crippen molar-refractivity contribution in [2.45, 2.75) is 25.7 Å². The highest BCUT2D eigenvalue weighted by Crippen LogP contribution is 2.16. The molecule has 3 radical (unpaired) electrons. The van der Waals surface area contributed by atoms with E-state index in [1.807, 2.05) is 0 Å². The molecule has 1 rings (SSSR count). The van der Waals surface area contributed by atoms with Gasteiger partial charge in [0.1, 0.15) is 0 Å². The zero-order chi connectivity index (χ0) is 8.59. The summed E-state index contributed by atoms with van der Waals surface area (Å²) in [7, 11) is 3.58. The molecule has 0 saturated heterocycles. The summed E-state index contributed by atoms with van der Waals surface area (Å²) in [6.07, 6.45) is 0. The van der Waals surface area contributed by atoms with Gasteiger partial charge in [-0.2, -0.15) is 0 Å². The molecule has 0 aliphatic rings. The van der Waals surface area contributed by atoms with Crippen LogP contribution >= 0.6 is 12.6 Å². The summed E-state index contributed by atoms with van der Waals surface area (Å²) in [6, 6.07) is 2.08. The molecule has 1 aromatic carbocycles. The lowest BCUT2D eigenvalue weighted by molar-refractivity contribution is 1.23. The van der Waals surface area contributed by atoms with Crippen LogP contribution in [0.4, 0.5) is 0 Å². The average Bonchev–Trinajstić information content (AvgIpc) is 1.97. The van der Waals surface area contributed by atoms with Gasteiger partial charge in [0.25, 0.3) is 0 Å². The van der Waals surface area contributed by atoms with E-state index in [0.29, 0.717) is 0 Å². The molecule has 0 bridgehead atoms. The van der Waals surface area contributed by atoms with E-state index in [0.717, 1.165) is 4.90 Å². The Bertz CT molecular complexity index is 266. The number of thiol groups is 1. The molecule has 2 heteroatoms. The first kappa shape index (κ1) is 8.88. The minimum absolute atomic E-state index is 1.07. The number of benzene rings is 1. The van der Waals surface area contributed by atoms with Crippen molar-refractivity contribution in [1.82, 2.24) is 0 Å². The summed E-state index contributed by atoms with van der Waals surface area (Å²) in [5.74, 6) is 0. The van der Waals surface area contributed by atoms with Crippen LogP contribution in [-0.2, 0) is 0 Å². The third-order valence-corrected chi connectivity index (χ3v) is 3.30. The molecule has 0 saturated carbocycles. The maximum absolute atomic E-state index is 4.36. The van der Waals surface area contributed by atoms with Gasteiger partial charge >= 0.3 is 0 Å². The van der Waals surface area contributed by atoms with Crippen LogP contribution in [0.5, 0.6) is 0 Å². The van der Waals surface area contributed by atoms with Crippen molar-refractivity contribution >= 4 is 28.1 Å². The van der Waals surface area contributed by atoms with Crippen molar-refractivity contribution in [2.24, 2.45) is 0 Å². The van der Waals surface area contributed by atoms with Crippen LogP contribution in [0.3, 0.4) is 0 Å². The number of hydrogen-bond donors (Lipinski definition) is 1. The highest BCUT2D eigenvalue weighted by atomic mass is 32.1. The second-order valence-electron chi connectivity index (χ2n) is 2.84. The molecule has 0 aliphatic heterocycles. The number of hydrogen-bond acceptors (Lipinski definition) is 1. The van der Waals surface area contributed by atoms with Crippen molar-refractivity contribution in [2.75, 3.05) is 0 Å². The van der Waals surface area contributed by atoms with Gasteiger partial charge in [-0.3, -0.25) is 0 Å². The number of rotatable bonds is 0. The lowest BCUT2D eigenvalue weighted by atomic mass is 10.1. The Labute approximate surface area is 76.9 Å². The predicted molar refractivity (Wildman–Crippen MR) is 53.3 cm³/mol. The SMILES string of the molecule is Cc1cc(S)c(C)c(C)c1[Si]. The molecular weight excluding hydrogens is 168 g/mol.